The zero-order valence-electron chi connectivity index (χ0n) is 19.0. The number of rotatable bonds is 21. The van der Waals surface area contributed by atoms with Crippen molar-refractivity contribution in [2.45, 2.75) is 72.6 Å². The Morgan fingerprint density at radius 1 is 0.786 bits per heavy atom. The molecule has 0 spiro atoms. The number of nitrogens with one attached hydrogen (secondary N) is 1. The minimum atomic E-state index is 0. The van der Waals surface area contributed by atoms with Crippen molar-refractivity contribution >= 4 is 5.78 Å². The summed E-state index contributed by atoms with van der Waals surface area (Å²) in [5.41, 5.74) is 0. The van der Waals surface area contributed by atoms with E-state index in [9.17, 15) is 4.79 Å². The third-order valence-electron chi connectivity index (χ3n) is 4.07. The van der Waals surface area contributed by atoms with Crippen molar-refractivity contribution in [1.82, 2.24) is 5.32 Å². The molecule has 0 saturated carbocycles. The lowest BCUT2D eigenvalue weighted by atomic mass is 10.0. The van der Waals surface area contributed by atoms with Gasteiger partial charge in [-0.05, 0) is 19.4 Å². The van der Waals surface area contributed by atoms with E-state index >= 15 is 0 Å². The molecule has 0 rings (SSSR count). The summed E-state index contributed by atoms with van der Waals surface area (Å²) in [6.07, 6.45) is 7.91. The Balaban J connectivity index is -0.00000218. The molecular formula is C22H49NO5. The average Bonchev–Trinajstić information content (AvgIpc) is 2.71. The third-order valence-corrected chi connectivity index (χ3v) is 4.07. The lowest BCUT2D eigenvalue weighted by molar-refractivity contribution is -0.122. The van der Waals surface area contributed by atoms with Crippen LogP contribution in [0.3, 0.4) is 0 Å². The maximum absolute atomic E-state index is 11.5. The highest BCUT2D eigenvalue weighted by Crippen LogP contribution is 2.09. The number of ether oxygens (including phenoxy) is 3. The Morgan fingerprint density at radius 2 is 1.29 bits per heavy atom. The molecule has 0 aromatic heterocycles. The summed E-state index contributed by atoms with van der Waals surface area (Å²) < 4.78 is 15.9. The van der Waals surface area contributed by atoms with E-state index in [2.05, 4.69) is 5.32 Å². The van der Waals surface area contributed by atoms with Crippen LogP contribution < -0.4 is 5.32 Å². The molecule has 0 radical (unpaired) electrons. The van der Waals surface area contributed by atoms with Gasteiger partial charge >= 0.3 is 0 Å². The normalized spacial score (nSPS) is 10.8. The van der Waals surface area contributed by atoms with Crippen LogP contribution in [-0.2, 0) is 19.0 Å². The monoisotopic (exact) mass is 407 g/mol. The summed E-state index contributed by atoms with van der Waals surface area (Å²) in [6.45, 7) is 13.2. The van der Waals surface area contributed by atoms with E-state index in [1.165, 1.54) is 32.1 Å². The molecule has 0 bridgehead atoms. The molecule has 0 saturated heterocycles. The first-order valence-corrected chi connectivity index (χ1v) is 11.3. The van der Waals surface area contributed by atoms with Gasteiger partial charge in [0.2, 0.25) is 0 Å². The van der Waals surface area contributed by atoms with E-state index in [4.69, 9.17) is 19.3 Å². The number of aliphatic hydroxyl groups is 1. The molecule has 0 amide bonds. The van der Waals surface area contributed by atoms with Crippen LogP contribution in [0.15, 0.2) is 0 Å². The first-order chi connectivity index (χ1) is 13.7. The number of ketones is 1. The molecule has 0 fully saturated rings. The average molecular weight is 408 g/mol. The summed E-state index contributed by atoms with van der Waals surface area (Å²) in [7, 11) is 0. The molecule has 0 aromatic carbocycles. The van der Waals surface area contributed by atoms with E-state index < -0.39 is 0 Å². The predicted octanol–water partition coefficient (Wildman–Crippen LogP) is 3.85. The number of carbonyl (C=O) groups excluding carboxylic acids is 1. The molecule has 0 aliphatic heterocycles. The molecule has 172 valence electrons. The van der Waals surface area contributed by atoms with Crippen molar-refractivity contribution in [3.05, 3.63) is 0 Å². The van der Waals surface area contributed by atoms with Crippen LogP contribution >= 0.6 is 0 Å². The molecule has 0 unspecified atom stereocenters. The number of carbonyl (C=O) groups is 1. The second-order valence-corrected chi connectivity index (χ2v) is 6.80. The zero-order valence-corrected chi connectivity index (χ0v) is 19.0. The van der Waals surface area contributed by atoms with Gasteiger partial charge in [-0.3, -0.25) is 4.79 Å². The van der Waals surface area contributed by atoms with Crippen molar-refractivity contribution in [1.29, 1.82) is 0 Å². The quantitative estimate of drug-likeness (QED) is 0.282. The van der Waals surface area contributed by atoms with Gasteiger partial charge in [0.25, 0.3) is 0 Å². The third kappa shape index (κ3) is 25.5. The first-order valence-electron chi connectivity index (χ1n) is 11.3. The summed E-state index contributed by atoms with van der Waals surface area (Å²) >= 11 is 0. The molecule has 0 aromatic rings. The summed E-state index contributed by atoms with van der Waals surface area (Å²) in [5.74, 6) is 0.588. The van der Waals surface area contributed by atoms with E-state index in [1.54, 1.807) is 0 Å². The van der Waals surface area contributed by atoms with E-state index in [-0.39, 0.29) is 14.0 Å². The Kier molecular flexibility index (Phi) is 28.0. The fourth-order valence-corrected chi connectivity index (χ4v) is 2.42. The summed E-state index contributed by atoms with van der Waals surface area (Å²) in [5, 5.41) is 11.9. The number of unbranched alkanes of at least 4 members (excludes halogenated alkanes) is 5. The summed E-state index contributed by atoms with van der Waals surface area (Å²) in [6, 6.07) is 0. The molecule has 28 heavy (non-hydrogen) atoms. The zero-order chi connectivity index (χ0) is 21.3. The minimum absolute atomic E-state index is 0. The molecule has 0 heterocycles. The highest BCUT2D eigenvalue weighted by Gasteiger charge is 2.05. The first kappa shape index (κ1) is 29.7. The number of Topliss-reactive ketones (excluding diaryl/α,β-unsaturated/α-hetero) is 1. The van der Waals surface area contributed by atoms with Gasteiger partial charge in [0.05, 0.1) is 46.2 Å². The molecule has 2 N–H and O–H groups in total. The van der Waals surface area contributed by atoms with Gasteiger partial charge in [0, 0.05) is 20.3 Å². The minimum Gasteiger partial charge on any atom is -0.394 e. The number of aliphatic hydroxyl groups excluding tert-OH is 1. The van der Waals surface area contributed by atoms with Gasteiger partial charge in [-0.15, -0.1) is 0 Å². The number of hydrogen-bond donors (Lipinski definition) is 2. The fourth-order valence-electron chi connectivity index (χ4n) is 2.42. The van der Waals surface area contributed by atoms with Crippen molar-refractivity contribution in [2.24, 2.45) is 5.92 Å². The lowest BCUT2D eigenvalue weighted by Crippen LogP contribution is -2.21. The van der Waals surface area contributed by atoms with Crippen molar-refractivity contribution in [2.75, 3.05) is 59.3 Å². The van der Waals surface area contributed by atoms with Gasteiger partial charge in [0.15, 0.2) is 0 Å². The van der Waals surface area contributed by atoms with Crippen LogP contribution in [0, 0.1) is 5.92 Å². The second-order valence-electron chi connectivity index (χ2n) is 6.80. The van der Waals surface area contributed by atoms with Gasteiger partial charge < -0.3 is 24.6 Å². The van der Waals surface area contributed by atoms with Crippen molar-refractivity contribution in [3.8, 4) is 0 Å². The summed E-state index contributed by atoms with van der Waals surface area (Å²) in [4.78, 5) is 11.5. The van der Waals surface area contributed by atoms with Crippen LogP contribution in [0.2, 0.25) is 0 Å². The maximum atomic E-state index is 11.5. The molecule has 0 atom stereocenters. The topological polar surface area (TPSA) is 77.0 Å². The van der Waals surface area contributed by atoms with Gasteiger partial charge in [-0.2, -0.15) is 0 Å². The van der Waals surface area contributed by atoms with Crippen LogP contribution in [0.4, 0.5) is 0 Å². The molecule has 6 nitrogen and oxygen atoms in total. The highest BCUT2D eigenvalue weighted by atomic mass is 16.5. The Bertz CT molecular complexity index is 307. The second kappa shape index (κ2) is 26.5. The fraction of sp³-hybridized carbons (Fsp3) is 0.955. The Hall–Kier alpha value is -0.530. The van der Waals surface area contributed by atoms with E-state index in [1.807, 2.05) is 27.7 Å². The highest BCUT2D eigenvalue weighted by molar-refractivity contribution is 5.80. The molecule has 0 aliphatic carbocycles. The van der Waals surface area contributed by atoms with Crippen LogP contribution in [0.1, 0.15) is 74.1 Å². The van der Waals surface area contributed by atoms with Crippen LogP contribution in [0.5, 0.6) is 0 Å². The van der Waals surface area contributed by atoms with E-state index in [0.29, 0.717) is 45.4 Å². The molecule has 6 heteroatoms. The predicted molar refractivity (Wildman–Crippen MR) is 118 cm³/mol. The maximum Gasteiger partial charge on any atom is 0.135 e. The van der Waals surface area contributed by atoms with Crippen LogP contribution in [0.25, 0.3) is 0 Å². The van der Waals surface area contributed by atoms with Crippen molar-refractivity contribution in [3.63, 3.8) is 0 Å². The standard InChI is InChI=1S/C20H41NO5.C2H6.H2/c1-19(2)20(23)9-7-5-3-4-6-8-10-21-11-13-24-15-17-26-18-16-25-14-12-22;1-2;/h19,21-22H,3-18H2,1-2H3;1-2H3;1H. The SMILES string of the molecule is CC.CC(C)C(=O)CCCCCCCCNCCOCCOCCOCCO.[HH]. The smallest absolute Gasteiger partial charge is 0.135 e. The van der Waals surface area contributed by atoms with Crippen molar-refractivity contribution < 1.29 is 25.5 Å². The molecule has 0 aliphatic rings. The van der Waals surface area contributed by atoms with Gasteiger partial charge in [-0.1, -0.05) is 53.4 Å². The largest absolute Gasteiger partial charge is 0.394 e. The Morgan fingerprint density at radius 3 is 1.86 bits per heavy atom. The van der Waals surface area contributed by atoms with Gasteiger partial charge in [-0.25, -0.2) is 0 Å². The molecular weight excluding hydrogens is 358 g/mol. The number of hydrogen-bond acceptors (Lipinski definition) is 6. The lowest BCUT2D eigenvalue weighted by Gasteiger charge is -2.07. The van der Waals surface area contributed by atoms with Crippen LogP contribution in [-0.4, -0.2) is 70.2 Å². The van der Waals surface area contributed by atoms with E-state index in [0.717, 1.165) is 25.9 Å². The Labute approximate surface area is 175 Å². The van der Waals surface area contributed by atoms with Gasteiger partial charge in [0.1, 0.15) is 5.78 Å².